The molecule has 1 unspecified atom stereocenters. The molecule has 0 saturated carbocycles. The van der Waals surface area contributed by atoms with Gasteiger partial charge in [-0.1, -0.05) is 18.2 Å². The predicted octanol–water partition coefficient (Wildman–Crippen LogP) is 1.41. The summed E-state index contributed by atoms with van der Waals surface area (Å²) in [5.41, 5.74) is -0.842. The summed E-state index contributed by atoms with van der Waals surface area (Å²) in [5, 5.41) is 0. The molecule has 0 aliphatic carbocycles. The topological polar surface area (TPSA) is 91.3 Å². The molecule has 7 heteroatoms. The van der Waals surface area contributed by atoms with Gasteiger partial charge in [0.25, 0.3) is 0 Å². The molecule has 0 N–H and O–H groups in total. The molecule has 7 nitrogen and oxygen atoms in total. The van der Waals surface area contributed by atoms with Crippen LogP contribution in [0.15, 0.2) is 47.5 Å². The summed E-state index contributed by atoms with van der Waals surface area (Å²) in [6.45, 7) is 0. The molecule has 0 amide bonds. The third-order valence-electron chi connectivity index (χ3n) is 3.50. The highest BCUT2D eigenvalue weighted by molar-refractivity contribution is 6.09. The number of carbonyl (C=O) groups is 3. The fourth-order valence-corrected chi connectivity index (χ4v) is 2.15. The van der Waals surface area contributed by atoms with Crippen molar-refractivity contribution in [1.82, 2.24) is 0 Å². The van der Waals surface area contributed by atoms with Crippen molar-refractivity contribution in [3.8, 4) is 0 Å². The van der Waals surface area contributed by atoms with Crippen molar-refractivity contribution in [3.05, 3.63) is 48.0 Å². The first-order chi connectivity index (χ1) is 11.5. The molecule has 24 heavy (non-hydrogen) atoms. The second-order valence-corrected chi connectivity index (χ2v) is 5.03. The van der Waals surface area contributed by atoms with E-state index >= 15 is 0 Å². The number of aliphatic imine (C=N–C) groups is 1. The largest absolute Gasteiger partial charge is 0.469 e. The monoisotopic (exact) mass is 331 g/mol. The fourth-order valence-electron chi connectivity index (χ4n) is 2.15. The van der Waals surface area contributed by atoms with Crippen molar-refractivity contribution in [2.45, 2.75) is 18.4 Å². The lowest BCUT2D eigenvalue weighted by Gasteiger charge is -2.16. The second kappa shape index (κ2) is 7.54. The number of hydrogen-bond acceptors (Lipinski definition) is 7. The fraction of sp³-hybridized carbons (Fsp3) is 0.294. The molecule has 1 heterocycles. The lowest BCUT2D eigenvalue weighted by atomic mass is 9.94. The Morgan fingerprint density at radius 1 is 1.21 bits per heavy atom. The zero-order chi connectivity index (χ0) is 17.6. The van der Waals surface area contributed by atoms with Crippen molar-refractivity contribution >= 4 is 23.8 Å². The van der Waals surface area contributed by atoms with Crippen molar-refractivity contribution in [2.75, 3.05) is 14.2 Å². The Morgan fingerprint density at radius 3 is 2.54 bits per heavy atom. The first-order valence-corrected chi connectivity index (χ1v) is 7.22. The van der Waals surface area contributed by atoms with Gasteiger partial charge in [-0.2, -0.15) is 0 Å². The molecule has 2 rings (SSSR count). The van der Waals surface area contributed by atoms with Crippen LogP contribution < -0.4 is 0 Å². The van der Waals surface area contributed by atoms with Crippen LogP contribution >= 0.6 is 0 Å². The van der Waals surface area contributed by atoms with Crippen LogP contribution in [-0.2, 0) is 28.6 Å². The Labute approximate surface area is 138 Å². The lowest BCUT2D eigenvalue weighted by Crippen LogP contribution is -2.32. The van der Waals surface area contributed by atoms with Crippen molar-refractivity contribution in [3.63, 3.8) is 0 Å². The number of benzene rings is 1. The second-order valence-electron chi connectivity index (χ2n) is 5.03. The predicted molar refractivity (Wildman–Crippen MR) is 84.2 cm³/mol. The maximum absolute atomic E-state index is 12.4. The maximum atomic E-state index is 12.4. The smallest absolute Gasteiger partial charge is 0.344 e. The highest BCUT2D eigenvalue weighted by Gasteiger charge is 2.44. The Kier molecular flexibility index (Phi) is 5.47. The highest BCUT2D eigenvalue weighted by Crippen LogP contribution is 2.30. The van der Waals surface area contributed by atoms with Gasteiger partial charge >= 0.3 is 17.9 Å². The number of methoxy groups -OCH3 is 2. The summed E-state index contributed by atoms with van der Waals surface area (Å²) in [4.78, 5) is 39.5. The molecule has 0 bridgehead atoms. The lowest BCUT2D eigenvalue weighted by molar-refractivity contribution is -0.142. The number of cyclic esters (lactones) is 1. The van der Waals surface area contributed by atoms with Gasteiger partial charge in [-0.3, -0.25) is 4.79 Å². The summed E-state index contributed by atoms with van der Waals surface area (Å²) in [6.07, 6.45) is 2.35. The van der Waals surface area contributed by atoms with E-state index in [-0.39, 0.29) is 18.7 Å². The van der Waals surface area contributed by atoms with Crippen molar-refractivity contribution < 1.29 is 28.6 Å². The standard InChI is InChI=1S/C17H17NO6/c1-22-13(19)8-10-17(11-9-14(20)23-2)16(21)24-15(18-17)12-6-4-3-5-7-12/h3-8,10H,9,11H2,1-2H3. The zero-order valence-corrected chi connectivity index (χ0v) is 13.4. The average Bonchev–Trinajstić information content (AvgIpc) is 2.95. The number of hydrogen-bond donors (Lipinski definition) is 0. The van der Waals surface area contributed by atoms with E-state index in [1.54, 1.807) is 24.3 Å². The van der Waals surface area contributed by atoms with Gasteiger partial charge in [0.05, 0.1) is 14.2 Å². The van der Waals surface area contributed by atoms with Gasteiger partial charge in [0.2, 0.25) is 5.90 Å². The number of carbonyl (C=O) groups excluding carboxylic acids is 3. The third kappa shape index (κ3) is 3.87. The Bertz CT molecular complexity index is 694. The van der Waals surface area contributed by atoms with Gasteiger partial charge in [-0.15, -0.1) is 0 Å². The third-order valence-corrected chi connectivity index (χ3v) is 3.50. The number of esters is 3. The maximum Gasteiger partial charge on any atom is 0.344 e. The molecule has 1 atom stereocenters. The molecule has 0 spiro atoms. The quantitative estimate of drug-likeness (QED) is 0.445. The van der Waals surface area contributed by atoms with Crippen LogP contribution in [0.1, 0.15) is 18.4 Å². The number of rotatable bonds is 6. The Morgan fingerprint density at radius 2 is 1.92 bits per heavy atom. The molecular weight excluding hydrogens is 314 g/mol. The van der Waals surface area contributed by atoms with Crippen LogP contribution in [0.25, 0.3) is 0 Å². The Balaban J connectivity index is 2.35. The molecule has 0 aromatic heterocycles. The molecule has 1 aliphatic rings. The SMILES string of the molecule is COC(=O)C=CC1(CCC(=O)OC)N=C(c2ccccc2)OC1=O. The summed E-state index contributed by atoms with van der Waals surface area (Å²) >= 11 is 0. The minimum atomic E-state index is -1.46. The minimum Gasteiger partial charge on any atom is -0.469 e. The van der Waals surface area contributed by atoms with Crippen molar-refractivity contribution in [1.29, 1.82) is 0 Å². The van der Waals surface area contributed by atoms with Gasteiger partial charge in [0.15, 0.2) is 5.54 Å². The van der Waals surface area contributed by atoms with E-state index in [4.69, 9.17) is 4.74 Å². The van der Waals surface area contributed by atoms with Crippen LogP contribution in [0.5, 0.6) is 0 Å². The van der Waals surface area contributed by atoms with E-state index in [1.165, 1.54) is 20.3 Å². The van der Waals surface area contributed by atoms with E-state index in [9.17, 15) is 14.4 Å². The van der Waals surface area contributed by atoms with Crippen LogP contribution in [0.2, 0.25) is 0 Å². The first kappa shape index (κ1) is 17.4. The summed E-state index contributed by atoms with van der Waals surface area (Å²) in [6, 6.07) is 8.87. The summed E-state index contributed by atoms with van der Waals surface area (Å²) in [5.74, 6) is -1.65. The highest BCUT2D eigenvalue weighted by atomic mass is 16.6. The van der Waals surface area contributed by atoms with Crippen LogP contribution in [-0.4, -0.2) is 43.6 Å². The van der Waals surface area contributed by atoms with Crippen LogP contribution in [0.3, 0.4) is 0 Å². The first-order valence-electron chi connectivity index (χ1n) is 7.22. The van der Waals surface area contributed by atoms with Gasteiger partial charge in [0.1, 0.15) is 0 Å². The summed E-state index contributed by atoms with van der Waals surface area (Å²) < 4.78 is 14.4. The molecule has 1 aromatic rings. The molecular formula is C17H17NO6. The van der Waals surface area contributed by atoms with E-state index in [0.717, 1.165) is 6.08 Å². The molecule has 1 aromatic carbocycles. The normalized spacial score (nSPS) is 19.8. The van der Waals surface area contributed by atoms with Crippen LogP contribution in [0.4, 0.5) is 0 Å². The van der Waals surface area contributed by atoms with Gasteiger partial charge in [-0.25, -0.2) is 14.6 Å². The van der Waals surface area contributed by atoms with Gasteiger partial charge in [-0.05, 0) is 24.6 Å². The molecule has 0 fully saturated rings. The zero-order valence-electron chi connectivity index (χ0n) is 13.4. The van der Waals surface area contributed by atoms with Crippen molar-refractivity contribution in [2.24, 2.45) is 4.99 Å². The van der Waals surface area contributed by atoms with Gasteiger partial charge < -0.3 is 14.2 Å². The summed E-state index contributed by atoms with van der Waals surface area (Å²) in [7, 11) is 2.48. The van der Waals surface area contributed by atoms with Gasteiger partial charge in [0, 0.05) is 18.1 Å². The Hall–Kier alpha value is -2.96. The van der Waals surface area contributed by atoms with E-state index in [1.807, 2.05) is 6.07 Å². The number of ether oxygens (including phenoxy) is 3. The molecule has 126 valence electrons. The molecule has 1 aliphatic heterocycles. The minimum absolute atomic E-state index is 0.0162. The molecule has 0 radical (unpaired) electrons. The van der Waals surface area contributed by atoms with E-state index in [0.29, 0.717) is 5.56 Å². The number of nitrogens with zero attached hydrogens (tertiary/aromatic N) is 1. The van der Waals surface area contributed by atoms with E-state index in [2.05, 4.69) is 14.5 Å². The van der Waals surface area contributed by atoms with Crippen LogP contribution in [0, 0.1) is 0 Å². The van der Waals surface area contributed by atoms with E-state index < -0.39 is 23.4 Å². The average molecular weight is 331 g/mol. The molecule has 0 saturated heterocycles.